The molecule has 1 saturated heterocycles. The van der Waals surface area contributed by atoms with E-state index in [2.05, 4.69) is 24.5 Å². The van der Waals surface area contributed by atoms with Gasteiger partial charge in [-0.15, -0.1) is 0 Å². The van der Waals surface area contributed by atoms with Crippen LogP contribution >= 0.6 is 0 Å². The van der Waals surface area contributed by atoms with Crippen molar-refractivity contribution in [2.24, 2.45) is 11.3 Å². The van der Waals surface area contributed by atoms with Gasteiger partial charge in [0.2, 0.25) is 0 Å². The van der Waals surface area contributed by atoms with E-state index >= 15 is 0 Å². The molecule has 3 nitrogen and oxygen atoms in total. The van der Waals surface area contributed by atoms with E-state index in [9.17, 15) is 0 Å². The second-order valence-corrected chi connectivity index (χ2v) is 5.80. The molecule has 0 aromatic rings. The minimum Gasteiger partial charge on any atom is -0.379 e. The van der Waals surface area contributed by atoms with Crippen LogP contribution in [0, 0.1) is 11.3 Å². The molecule has 0 bridgehead atoms. The van der Waals surface area contributed by atoms with Gasteiger partial charge in [-0.05, 0) is 31.2 Å². The normalized spacial score (nSPS) is 31.4. The molecule has 0 radical (unpaired) electrons. The molecule has 2 atom stereocenters. The Hall–Kier alpha value is -0.120. The first-order valence-electron chi connectivity index (χ1n) is 7.31. The number of nitrogens with one attached hydrogen (secondary N) is 2. The Morgan fingerprint density at radius 3 is 2.65 bits per heavy atom. The summed E-state index contributed by atoms with van der Waals surface area (Å²) < 4.78 is 5.57. The van der Waals surface area contributed by atoms with Gasteiger partial charge in [-0.3, -0.25) is 0 Å². The van der Waals surface area contributed by atoms with Gasteiger partial charge in [-0.2, -0.15) is 0 Å². The summed E-state index contributed by atoms with van der Waals surface area (Å²) in [6, 6.07) is 0.562. The third-order valence-corrected chi connectivity index (χ3v) is 4.74. The van der Waals surface area contributed by atoms with E-state index < -0.39 is 0 Å². The number of likely N-dealkylation sites (N-methyl/N-ethyl adjacent to an activating group) is 1. The fraction of sp³-hybridized carbons (Fsp3) is 1.00. The molecular formula is C14H28N2O. The lowest BCUT2D eigenvalue weighted by Gasteiger charge is -2.42. The summed E-state index contributed by atoms with van der Waals surface area (Å²) in [6.45, 7) is 9.68. The maximum Gasteiger partial charge on any atom is 0.0623 e. The molecule has 0 aromatic carbocycles. The van der Waals surface area contributed by atoms with E-state index in [0.717, 1.165) is 26.3 Å². The molecule has 0 amide bonds. The Kier molecular flexibility index (Phi) is 4.83. The van der Waals surface area contributed by atoms with E-state index in [0.29, 0.717) is 17.4 Å². The number of hydrogen-bond acceptors (Lipinski definition) is 3. The highest BCUT2D eigenvalue weighted by molar-refractivity contribution is 4.89. The molecule has 3 heteroatoms. The van der Waals surface area contributed by atoms with Crippen LogP contribution in [0.3, 0.4) is 0 Å². The van der Waals surface area contributed by atoms with Gasteiger partial charge >= 0.3 is 0 Å². The van der Waals surface area contributed by atoms with Crippen LogP contribution in [-0.2, 0) is 4.74 Å². The minimum atomic E-state index is 0.562. The average Bonchev–Trinajstić information content (AvgIpc) is 2.71. The number of rotatable bonds is 7. The van der Waals surface area contributed by atoms with Crippen LogP contribution in [0.5, 0.6) is 0 Å². The van der Waals surface area contributed by atoms with Gasteiger partial charge in [-0.1, -0.05) is 20.3 Å². The first-order chi connectivity index (χ1) is 8.29. The van der Waals surface area contributed by atoms with E-state index in [1.165, 1.54) is 32.2 Å². The van der Waals surface area contributed by atoms with Gasteiger partial charge in [0.25, 0.3) is 0 Å². The van der Waals surface area contributed by atoms with Crippen LogP contribution in [0.25, 0.3) is 0 Å². The van der Waals surface area contributed by atoms with Crippen LogP contribution < -0.4 is 10.6 Å². The van der Waals surface area contributed by atoms with Crippen molar-refractivity contribution >= 4 is 0 Å². The second kappa shape index (κ2) is 6.17. The van der Waals surface area contributed by atoms with Gasteiger partial charge in [0.1, 0.15) is 0 Å². The predicted molar refractivity (Wildman–Crippen MR) is 71.2 cm³/mol. The second-order valence-electron chi connectivity index (χ2n) is 5.80. The number of ether oxygens (including phenoxy) is 1. The molecule has 2 rings (SSSR count). The van der Waals surface area contributed by atoms with Crippen LogP contribution in [0.1, 0.15) is 39.5 Å². The lowest BCUT2D eigenvalue weighted by atomic mass is 9.67. The zero-order valence-electron chi connectivity index (χ0n) is 11.4. The summed E-state index contributed by atoms with van der Waals surface area (Å²) in [7, 11) is 0. The molecular weight excluding hydrogens is 212 g/mol. The zero-order chi connectivity index (χ0) is 12.1. The molecule has 1 saturated carbocycles. The van der Waals surface area contributed by atoms with Crippen molar-refractivity contribution in [3.8, 4) is 0 Å². The highest BCUT2D eigenvalue weighted by atomic mass is 16.5. The molecule has 2 N–H and O–H groups in total. The smallest absolute Gasteiger partial charge is 0.0623 e. The molecule has 1 aliphatic heterocycles. The Morgan fingerprint density at radius 1 is 1.24 bits per heavy atom. The molecule has 100 valence electrons. The molecule has 2 aliphatic rings. The Morgan fingerprint density at radius 2 is 2.06 bits per heavy atom. The SMILES string of the molecule is CCNC1COCC1CNCC1(CC)CCC1. The van der Waals surface area contributed by atoms with Gasteiger partial charge < -0.3 is 15.4 Å². The van der Waals surface area contributed by atoms with E-state index in [1.807, 2.05) is 0 Å². The van der Waals surface area contributed by atoms with Crippen molar-refractivity contribution in [1.82, 2.24) is 10.6 Å². The Labute approximate surface area is 106 Å². The molecule has 1 heterocycles. The van der Waals surface area contributed by atoms with Crippen LogP contribution in [-0.4, -0.2) is 38.9 Å². The fourth-order valence-corrected chi connectivity index (χ4v) is 3.14. The maximum atomic E-state index is 5.57. The number of hydrogen-bond donors (Lipinski definition) is 2. The summed E-state index contributed by atoms with van der Waals surface area (Å²) in [6.07, 6.45) is 5.61. The third-order valence-electron chi connectivity index (χ3n) is 4.74. The lowest BCUT2D eigenvalue weighted by molar-refractivity contribution is 0.120. The Bertz CT molecular complexity index is 223. The molecule has 2 unspecified atom stereocenters. The van der Waals surface area contributed by atoms with Crippen LogP contribution in [0.15, 0.2) is 0 Å². The maximum absolute atomic E-state index is 5.57. The topological polar surface area (TPSA) is 33.3 Å². The first kappa shape index (κ1) is 13.3. The van der Waals surface area contributed by atoms with Crippen molar-refractivity contribution in [3.05, 3.63) is 0 Å². The minimum absolute atomic E-state index is 0.562. The van der Waals surface area contributed by atoms with Gasteiger partial charge in [0.15, 0.2) is 0 Å². The highest BCUT2D eigenvalue weighted by Crippen LogP contribution is 2.43. The first-order valence-corrected chi connectivity index (χ1v) is 7.31. The fourth-order valence-electron chi connectivity index (χ4n) is 3.14. The van der Waals surface area contributed by atoms with Crippen molar-refractivity contribution < 1.29 is 4.74 Å². The van der Waals surface area contributed by atoms with Crippen molar-refractivity contribution in [1.29, 1.82) is 0 Å². The summed E-state index contributed by atoms with van der Waals surface area (Å²) in [5.74, 6) is 0.656. The lowest BCUT2D eigenvalue weighted by Crippen LogP contribution is -2.44. The quantitative estimate of drug-likeness (QED) is 0.712. The molecule has 0 spiro atoms. The average molecular weight is 240 g/mol. The summed E-state index contributed by atoms with van der Waals surface area (Å²) in [5, 5.41) is 7.21. The molecule has 1 aliphatic carbocycles. The zero-order valence-corrected chi connectivity index (χ0v) is 11.4. The largest absolute Gasteiger partial charge is 0.379 e. The highest BCUT2D eigenvalue weighted by Gasteiger charge is 2.35. The van der Waals surface area contributed by atoms with E-state index in [-0.39, 0.29) is 0 Å². The van der Waals surface area contributed by atoms with Crippen molar-refractivity contribution in [2.75, 3.05) is 32.8 Å². The van der Waals surface area contributed by atoms with Crippen LogP contribution in [0.4, 0.5) is 0 Å². The Balaban J connectivity index is 1.67. The summed E-state index contributed by atoms with van der Waals surface area (Å²) in [5.41, 5.74) is 0.632. The van der Waals surface area contributed by atoms with Gasteiger partial charge in [-0.25, -0.2) is 0 Å². The van der Waals surface area contributed by atoms with Crippen molar-refractivity contribution in [3.63, 3.8) is 0 Å². The monoisotopic (exact) mass is 240 g/mol. The van der Waals surface area contributed by atoms with Gasteiger partial charge in [0.05, 0.1) is 13.2 Å². The van der Waals surface area contributed by atoms with Crippen LogP contribution in [0.2, 0.25) is 0 Å². The standard InChI is InChI=1S/C14H28N2O/c1-3-14(6-5-7-14)11-15-8-12-9-17-10-13(12)16-4-2/h12-13,15-16H,3-11H2,1-2H3. The molecule has 0 aromatic heterocycles. The molecule has 2 fully saturated rings. The van der Waals surface area contributed by atoms with Crippen molar-refractivity contribution in [2.45, 2.75) is 45.6 Å². The van der Waals surface area contributed by atoms with Gasteiger partial charge in [0, 0.05) is 25.0 Å². The predicted octanol–water partition coefficient (Wildman–Crippen LogP) is 1.78. The summed E-state index contributed by atoms with van der Waals surface area (Å²) >= 11 is 0. The molecule has 17 heavy (non-hydrogen) atoms. The van der Waals surface area contributed by atoms with E-state index in [1.54, 1.807) is 0 Å². The third kappa shape index (κ3) is 3.21. The summed E-state index contributed by atoms with van der Waals surface area (Å²) in [4.78, 5) is 0. The van der Waals surface area contributed by atoms with E-state index in [4.69, 9.17) is 4.74 Å².